The first kappa shape index (κ1) is 11.0. The molecule has 1 aromatic carbocycles. The first-order valence-electron chi connectivity index (χ1n) is 5.15. The molecule has 3 aromatic rings. The van der Waals surface area contributed by atoms with Crippen molar-refractivity contribution in [3.63, 3.8) is 0 Å². The van der Waals surface area contributed by atoms with Crippen molar-refractivity contribution in [3.8, 4) is 0 Å². The van der Waals surface area contributed by atoms with Crippen LogP contribution < -0.4 is 5.73 Å². The lowest BCUT2D eigenvalue weighted by atomic mass is 10.3. The predicted molar refractivity (Wildman–Crippen MR) is 64.7 cm³/mol. The number of nitrogens with two attached hydrogens (primary N) is 1. The van der Waals surface area contributed by atoms with Crippen LogP contribution in [0.2, 0.25) is 5.02 Å². The molecular weight excluding hydrogens is 259 g/mol. The normalized spacial score (nSPS) is 11.2. The van der Waals surface area contributed by atoms with Gasteiger partial charge in [0.1, 0.15) is 5.82 Å². The first-order valence-corrected chi connectivity index (χ1v) is 5.53. The molecule has 2 heterocycles. The lowest BCUT2D eigenvalue weighted by Crippen LogP contribution is -2.03. The van der Waals surface area contributed by atoms with E-state index in [9.17, 15) is 4.39 Å². The number of imidazole rings is 1. The van der Waals surface area contributed by atoms with Crippen LogP contribution in [0.3, 0.4) is 0 Å². The summed E-state index contributed by atoms with van der Waals surface area (Å²) in [5, 5.41) is 3.62. The molecule has 0 saturated heterocycles. The molecule has 2 N–H and O–H groups in total. The van der Waals surface area contributed by atoms with Crippen molar-refractivity contribution < 1.29 is 8.91 Å². The van der Waals surface area contributed by atoms with Crippen molar-refractivity contribution in [2.75, 3.05) is 5.73 Å². The monoisotopic (exact) mass is 266 g/mol. The Hall–Kier alpha value is -2.08. The molecule has 0 radical (unpaired) electrons. The fourth-order valence-corrected chi connectivity index (χ4v) is 1.94. The van der Waals surface area contributed by atoms with E-state index in [-0.39, 0.29) is 11.0 Å². The van der Waals surface area contributed by atoms with E-state index in [0.29, 0.717) is 23.3 Å². The van der Waals surface area contributed by atoms with E-state index in [2.05, 4.69) is 10.1 Å². The zero-order valence-corrected chi connectivity index (χ0v) is 9.86. The molecular formula is C11H8ClFN4O. The molecule has 3 rings (SSSR count). The summed E-state index contributed by atoms with van der Waals surface area (Å²) in [6.07, 6.45) is 1.53. The molecule has 0 aliphatic carbocycles. The summed E-state index contributed by atoms with van der Waals surface area (Å²) in [6, 6.07) is 4.45. The van der Waals surface area contributed by atoms with Crippen LogP contribution in [-0.4, -0.2) is 14.7 Å². The summed E-state index contributed by atoms with van der Waals surface area (Å²) >= 11 is 5.70. The highest BCUT2D eigenvalue weighted by atomic mass is 35.5. The van der Waals surface area contributed by atoms with Gasteiger partial charge in [0.25, 0.3) is 0 Å². The molecule has 0 aliphatic heterocycles. The van der Waals surface area contributed by atoms with Gasteiger partial charge in [0, 0.05) is 12.1 Å². The minimum absolute atomic E-state index is 0.0202. The highest BCUT2D eigenvalue weighted by Crippen LogP contribution is 2.25. The van der Waals surface area contributed by atoms with Crippen molar-refractivity contribution >= 4 is 28.6 Å². The lowest BCUT2D eigenvalue weighted by molar-refractivity contribution is 0.378. The van der Waals surface area contributed by atoms with Gasteiger partial charge in [-0.3, -0.25) is 0 Å². The maximum atomic E-state index is 13.5. The number of aromatic nitrogens is 3. The standard InChI is InChI=1S/C11H8ClFN4O/c12-7-3-9-10(4-8(7)13)17(11(14)16-9)5-6-1-2-15-18-6/h1-4H,5H2,(H2,14,16). The molecule has 7 heteroatoms. The van der Waals surface area contributed by atoms with Crippen molar-refractivity contribution in [1.29, 1.82) is 0 Å². The third kappa shape index (κ3) is 1.70. The highest BCUT2D eigenvalue weighted by molar-refractivity contribution is 6.31. The van der Waals surface area contributed by atoms with Crippen LogP contribution in [0, 0.1) is 5.82 Å². The zero-order chi connectivity index (χ0) is 12.7. The van der Waals surface area contributed by atoms with Gasteiger partial charge in [0.15, 0.2) is 5.76 Å². The number of rotatable bonds is 2. The minimum atomic E-state index is -0.511. The topological polar surface area (TPSA) is 69.9 Å². The number of benzene rings is 1. The van der Waals surface area contributed by atoms with Crippen molar-refractivity contribution in [1.82, 2.24) is 14.7 Å². The van der Waals surface area contributed by atoms with Gasteiger partial charge in [0.05, 0.1) is 28.8 Å². The maximum Gasteiger partial charge on any atom is 0.201 e. The Morgan fingerprint density at radius 1 is 1.44 bits per heavy atom. The molecule has 0 fully saturated rings. The second-order valence-electron chi connectivity index (χ2n) is 3.79. The van der Waals surface area contributed by atoms with Gasteiger partial charge < -0.3 is 14.8 Å². The van der Waals surface area contributed by atoms with Gasteiger partial charge in [-0.2, -0.15) is 0 Å². The molecule has 0 saturated carbocycles. The average molecular weight is 267 g/mol. The Morgan fingerprint density at radius 3 is 3.00 bits per heavy atom. The van der Waals surface area contributed by atoms with E-state index >= 15 is 0 Å². The second-order valence-corrected chi connectivity index (χ2v) is 4.20. The fraction of sp³-hybridized carbons (Fsp3) is 0.0909. The van der Waals surface area contributed by atoms with Crippen molar-refractivity contribution in [2.45, 2.75) is 6.54 Å². The number of hydrogen-bond donors (Lipinski definition) is 1. The Morgan fingerprint density at radius 2 is 2.28 bits per heavy atom. The van der Waals surface area contributed by atoms with E-state index in [0.717, 1.165) is 0 Å². The van der Waals surface area contributed by atoms with Crippen molar-refractivity contribution in [3.05, 3.63) is 41.0 Å². The summed E-state index contributed by atoms with van der Waals surface area (Å²) in [4.78, 5) is 4.12. The first-order chi connectivity index (χ1) is 8.65. The Bertz CT molecular complexity index is 707. The highest BCUT2D eigenvalue weighted by Gasteiger charge is 2.13. The van der Waals surface area contributed by atoms with Gasteiger partial charge in [-0.05, 0) is 6.07 Å². The van der Waals surface area contributed by atoms with Crippen LogP contribution in [0.15, 0.2) is 28.9 Å². The SMILES string of the molecule is Nc1nc2cc(Cl)c(F)cc2n1Cc1ccno1. The van der Waals surface area contributed by atoms with Crippen LogP contribution in [0.1, 0.15) is 5.76 Å². The fourth-order valence-electron chi connectivity index (χ4n) is 1.78. The smallest absolute Gasteiger partial charge is 0.201 e. The third-order valence-electron chi connectivity index (χ3n) is 2.63. The predicted octanol–water partition coefficient (Wildman–Crippen LogP) is 2.45. The summed E-state index contributed by atoms with van der Waals surface area (Å²) in [6.45, 7) is 0.337. The molecule has 18 heavy (non-hydrogen) atoms. The largest absolute Gasteiger partial charge is 0.369 e. The molecule has 0 aliphatic rings. The molecule has 0 amide bonds. The zero-order valence-electron chi connectivity index (χ0n) is 9.10. The summed E-state index contributed by atoms with van der Waals surface area (Å²) in [5.74, 6) is 0.363. The number of anilines is 1. The summed E-state index contributed by atoms with van der Waals surface area (Å²) in [7, 11) is 0. The summed E-state index contributed by atoms with van der Waals surface area (Å²) in [5.41, 5.74) is 6.90. The van der Waals surface area contributed by atoms with Crippen LogP contribution in [-0.2, 0) is 6.54 Å². The molecule has 0 atom stereocenters. The molecule has 0 unspecified atom stereocenters. The average Bonchev–Trinajstić information content (AvgIpc) is 2.92. The Labute approximate surface area is 106 Å². The van der Waals surface area contributed by atoms with Gasteiger partial charge >= 0.3 is 0 Å². The minimum Gasteiger partial charge on any atom is -0.369 e. The number of nitrogens with zero attached hydrogens (tertiary/aromatic N) is 3. The third-order valence-corrected chi connectivity index (χ3v) is 2.91. The van der Waals surface area contributed by atoms with Gasteiger partial charge in [-0.15, -0.1) is 0 Å². The van der Waals surface area contributed by atoms with Crippen LogP contribution in [0.5, 0.6) is 0 Å². The summed E-state index contributed by atoms with van der Waals surface area (Å²) < 4.78 is 20.1. The van der Waals surface area contributed by atoms with Crippen LogP contribution in [0.4, 0.5) is 10.3 Å². The van der Waals surface area contributed by atoms with Gasteiger partial charge in [-0.25, -0.2) is 9.37 Å². The lowest BCUT2D eigenvalue weighted by Gasteiger charge is -2.03. The Kier molecular flexibility index (Phi) is 2.45. The van der Waals surface area contributed by atoms with E-state index in [4.69, 9.17) is 21.9 Å². The number of hydrogen-bond acceptors (Lipinski definition) is 4. The van der Waals surface area contributed by atoms with E-state index in [1.807, 2.05) is 0 Å². The number of nitrogen functional groups attached to an aromatic ring is 1. The molecule has 2 aromatic heterocycles. The molecule has 92 valence electrons. The van der Waals surface area contributed by atoms with E-state index in [1.54, 1.807) is 10.6 Å². The van der Waals surface area contributed by atoms with Gasteiger partial charge in [-0.1, -0.05) is 16.8 Å². The number of halogens is 2. The number of fused-ring (bicyclic) bond motifs is 1. The second kappa shape index (κ2) is 3.99. The van der Waals surface area contributed by atoms with E-state index < -0.39 is 5.82 Å². The quantitative estimate of drug-likeness (QED) is 0.773. The molecule has 0 spiro atoms. The maximum absolute atomic E-state index is 13.5. The van der Waals surface area contributed by atoms with Crippen molar-refractivity contribution in [2.24, 2.45) is 0 Å². The molecule has 0 bridgehead atoms. The van der Waals surface area contributed by atoms with Gasteiger partial charge in [0.2, 0.25) is 5.95 Å². The molecule has 5 nitrogen and oxygen atoms in total. The Balaban J connectivity index is 2.16. The van der Waals surface area contributed by atoms with E-state index in [1.165, 1.54) is 18.3 Å². The van der Waals surface area contributed by atoms with Crippen LogP contribution >= 0.6 is 11.6 Å². The van der Waals surface area contributed by atoms with Crippen LogP contribution in [0.25, 0.3) is 11.0 Å².